The molecule has 42 heavy (non-hydrogen) atoms. The molecule has 10 nitrogen and oxygen atoms in total. The number of hydrogen-bond acceptors (Lipinski definition) is 7. The maximum atomic E-state index is 13.1. The quantitative estimate of drug-likeness (QED) is 0.388. The predicted molar refractivity (Wildman–Crippen MR) is 148 cm³/mol. The summed E-state index contributed by atoms with van der Waals surface area (Å²) in [6.45, 7) is 2.63. The first-order valence-electron chi connectivity index (χ1n) is 13.7. The number of alkyl halides is 3. The average molecular weight is 581 g/mol. The van der Waals surface area contributed by atoms with Crippen LogP contribution in [0.5, 0.6) is 5.75 Å². The number of fused-ring (bicyclic) bond motifs is 2. The lowest BCUT2D eigenvalue weighted by molar-refractivity contribution is -0.750. The van der Waals surface area contributed by atoms with Crippen LogP contribution in [0.25, 0.3) is 0 Å². The summed E-state index contributed by atoms with van der Waals surface area (Å²) in [5.41, 5.74) is 1.24. The van der Waals surface area contributed by atoms with Crippen molar-refractivity contribution in [3.05, 3.63) is 77.0 Å². The van der Waals surface area contributed by atoms with E-state index in [1.165, 1.54) is 12.1 Å². The number of rotatable bonds is 6. The molecule has 2 amide bonds. The zero-order chi connectivity index (χ0) is 29.6. The average Bonchev–Trinajstić information content (AvgIpc) is 3.49. The van der Waals surface area contributed by atoms with Gasteiger partial charge in [0.05, 0.1) is 24.6 Å². The summed E-state index contributed by atoms with van der Waals surface area (Å²) >= 11 is 0. The molecule has 218 valence electrons. The first-order chi connectivity index (χ1) is 20.1. The van der Waals surface area contributed by atoms with Crippen molar-refractivity contribution < 1.29 is 32.1 Å². The number of quaternary nitrogens is 1. The number of halogens is 3. The maximum absolute atomic E-state index is 13.1. The molecule has 0 aliphatic carbocycles. The molecule has 0 spiro atoms. The van der Waals surface area contributed by atoms with Crippen molar-refractivity contribution in [2.24, 2.45) is 21.7 Å². The third-order valence-corrected chi connectivity index (χ3v) is 8.04. The zero-order valence-electron chi connectivity index (χ0n) is 22.8. The molecule has 3 atom stereocenters. The highest BCUT2D eigenvalue weighted by Gasteiger charge is 2.48. The first-order valence-corrected chi connectivity index (χ1v) is 13.7. The topological polar surface area (TPSA) is 122 Å². The maximum Gasteiger partial charge on any atom is 0.416 e. The van der Waals surface area contributed by atoms with Gasteiger partial charge in [0, 0.05) is 36.7 Å². The van der Waals surface area contributed by atoms with Gasteiger partial charge in [-0.1, -0.05) is 0 Å². The van der Waals surface area contributed by atoms with Crippen LogP contribution < -0.4 is 15.9 Å². The molecule has 5 heterocycles. The normalized spacial score (nSPS) is 24.9. The van der Waals surface area contributed by atoms with Crippen LogP contribution in [0.1, 0.15) is 54.1 Å². The molecule has 6 rings (SSSR count). The Morgan fingerprint density at radius 2 is 2.05 bits per heavy atom. The fourth-order valence-electron chi connectivity index (χ4n) is 5.96. The number of benzene rings is 1. The lowest BCUT2D eigenvalue weighted by Crippen LogP contribution is -2.53. The second-order valence-corrected chi connectivity index (χ2v) is 10.6. The number of aliphatic imine (C=N–C) groups is 2. The van der Waals surface area contributed by atoms with Crippen LogP contribution in [0.15, 0.2) is 70.3 Å². The molecule has 1 unspecified atom stereocenters. The van der Waals surface area contributed by atoms with Gasteiger partial charge >= 0.3 is 6.18 Å². The number of allylic oxidation sites excluding steroid dienone is 1. The van der Waals surface area contributed by atoms with Crippen LogP contribution in [-0.4, -0.2) is 57.5 Å². The van der Waals surface area contributed by atoms with Gasteiger partial charge in [0.1, 0.15) is 29.0 Å². The lowest BCUT2D eigenvalue weighted by atomic mass is 9.90. The molecular formula is C29H29F3N7O3+. The lowest BCUT2D eigenvalue weighted by Gasteiger charge is -2.35. The number of amidine groups is 1. The summed E-state index contributed by atoms with van der Waals surface area (Å²) in [6, 6.07) is 6.57. The van der Waals surface area contributed by atoms with E-state index < -0.39 is 17.6 Å². The SMILES string of the molecule is CCOc1cc(C(=O)Nc2cc(C(F)(F)F)ccn2)ccc1C1=NC([C@@H]2CC[C@H]3CCC(=O)N3C2)=C2C=NC=C[N+]12N. The number of carbonyl (C=O) groups is 2. The van der Waals surface area contributed by atoms with Crippen molar-refractivity contribution in [2.45, 2.75) is 44.8 Å². The molecule has 13 heteroatoms. The molecule has 1 aromatic carbocycles. The van der Waals surface area contributed by atoms with E-state index in [4.69, 9.17) is 15.6 Å². The number of carbonyl (C=O) groups excluding carboxylic acids is 2. The van der Waals surface area contributed by atoms with Gasteiger partial charge in [0.25, 0.3) is 11.7 Å². The molecular weight excluding hydrogens is 551 g/mol. The number of hydrogen-bond donors (Lipinski definition) is 2. The number of piperidine rings is 1. The molecule has 2 aromatic rings. The highest BCUT2D eigenvalue weighted by atomic mass is 19.4. The van der Waals surface area contributed by atoms with Crippen molar-refractivity contribution >= 4 is 29.7 Å². The van der Waals surface area contributed by atoms with Crippen LogP contribution >= 0.6 is 0 Å². The Balaban J connectivity index is 1.32. The van der Waals surface area contributed by atoms with Gasteiger partial charge in [-0.3, -0.25) is 14.6 Å². The highest BCUT2D eigenvalue weighted by molar-refractivity contribution is 6.07. The predicted octanol–water partition coefficient (Wildman–Crippen LogP) is 4.37. The second kappa shape index (κ2) is 10.5. The van der Waals surface area contributed by atoms with Crippen molar-refractivity contribution in [1.82, 2.24) is 9.88 Å². The molecule has 2 fully saturated rings. The van der Waals surface area contributed by atoms with Gasteiger partial charge in [-0.2, -0.15) is 24.0 Å². The number of nitrogens with zero attached hydrogens (tertiary/aromatic N) is 5. The number of amides is 2. The molecule has 4 aliphatic rings. The van der Waals surface area contributed by atoms with E-state index in [-0.39, 0.29) is 40.4 Å². The molecule has 3 N–H and O–H groups in total. The monoisotopic (exact) mass is 580 g/mol. The van der Waals surface area contributed by atoms with Gasteiger partial charge in [-0.25, -0.2) is 4.98 Å². The van der Waals surface area contributed by atoms with E-state index >= 15 is 0 Å². The Kier molecular flexibility index (Phi) is 6.93. The van der Waals surface area contributed by atoms with E-state index in [1.54, 1.807) is 31.6 Å². The summed E-state index contributed by atoms with van der Waals surface area (Å²) in [4.78, 5) is 40.6. The van der Waals surface area contributed by atoms with Gasteiger partial charge in [-0.15, -0.1) is 4.59 Å². The van der Waals surface area contributed by atoms with Crippen LogP contribution in [0.2, 0.25) is 0 Å². The molecule has 1 aromatic heterocycles. The highest BCUT2D eigenvalue weighted by Crippen LogP contribution is 2.41. The molecule has 0 radical (unpaired) electrons. The minimum atomic E-state index is -4.57. The van der Waals surface area contributed by atoms with Crippen LogP contribution in [-0.2, 0) is 11.0 Å². The van der Waals surface area contributed by atoms with Crippen LogP contribution in [0, 0.1) is 5.92 Å². The fraction of sp³-hybridized carbons (Fsp3) is 0.345. The fourth-order valence-corrected chi connectivity index (χ4v) is 5.96. The van der Waals surface area contributed by atoms with Crippen molar-refractivity contribution in [3.63, 3.8) is 0 Å². The minimum absolute atomic E-state index is 0.0182. The summed E-state index contributed by atoms with van der Waals surface area (Å²) in [5.74, 6) is 7.00. The Morgan fingerprint density at radius 3 is 2.83 bits per heavy atom. The largest absolute Gasteiger partial charge is 0.493 e. The third-order valence-electron chi connectivity index (χ3n) is 8.04. The number of ether oxygens (including phenoxy) is 1. The molecule has 0 bridgehead atoms. The van der Waals surface area contributed by atoms with E-state index in [9.17, 15) is 22.8 Å². The van der Waals surface area contributed by atoms with Gasteiger partial charge in [-0.05, 0) is 56.5 Å². The standard InChI is InChI=1S/C29H28F3N7O3/c1-2-42-23-13-17(28(41)36-24-14-19(9-10-35-24)29(30,31)32)4-7-21(23)27-37-26(22-15-34-11-12-39(22,27)33)18-3-5-20-6-8-25(40)38(20)16-18/h4,7,9-15,18,20H,2-3,5-6,8,16,33H2,1H3/p+1/t18-,20+,39?/m1/s1. The van der Waals surface area contributed by atoms with E-state index in [2.05, 4.69) is 15.3 Å². The second-order valence-electron chi connectivity index (χ2n) is 10.6. The summed E-state index contributed by atoms with van der Waals surface area (Å²) in [6.07, 6.45) is 4.61. The first kappa shape index (κ1) is 27.8. The van der Waals surface area contributed by atoms with E-state index in [1.807, 2.05) is 4.90 Å². The van der Waals surface area contributed by atoms with Gasteiger partial charge in [0.15, 0.2) is 0 Å². The Labute approximate surface area is 239 Å². The number of aromatic nitrogens is 1. The number of nitrogens with one attached hydrogen (secondary N) is 1. The van der Waals surface area contributed by atoms with Crippen molar-refractivity contribution in [1.29, 1.82) is 0 Å². The summed E-state index contributed by atoms with van der Waals surface area (Å²) < 4.78 is 45.0. The van der Waals surface area contributed by atoms with Crippen molar-refractivity contribution in [3.8, 4) is 5.75 Å². The Hall–Kier alpha value is -4.36. The minimum Gasteiger partial charge on any atom is -0.493 e. The van der Waals surface area contributed by atoms with E-state index in [0.29, 0.717) is 35.8 Å². The Morgan fingerprint density at radius 1 is 1.21 bits per heavy atom. The summed E-state index contributed by atoms with van der Waals surface area (Å²) in [5, 5.41) is 2.42. The third kappa shape index (κ3) is 4.88. The molecule has 2 saturated heterocycles. The molecule has 4 aliphatic heterocycles. The number of nitrogens with two attached hydrogens (primary N) is 1. The van der Waals surface area contributed by atoms with Gasteiger partial charge < -0.3 is 15.0 Å². The number of pyridine rings is 1. The summed E-state index contributed by atoms with van der Waals surface area (Å²) in [7, 11) is 0. The smallest absolute Gasteiger partial charge is 0.416 e. The van der Waals surface area contributed by atoms with E-state index in [0.717, 1.165) is 43.3 Å². The van der Waals surface area contributed by atoms with Crippen LogP contribution in [0.3, 0.4) is 0 Å². The Bertz CT molecular complexity index is 1580. The van der Waals surface area contributed by atoms with Gasteiger partial charge in [0.2, 0.25) is 11.6 Å². The van der Waals surface area contributed by atoms with Crippen LogP contribution in [0.4, 0.5) is 19.0 Å². The molecule has 0 saturated carbocycles. The zero-order valence-corrected chi connectivity index (χ0v) is 22.8. The number of anilines is 1. The van der Waals surface area contributed by atoms with Crippen molar-refractivity contribution in [2.75, 3.05) is 18.5 Å².